The second-order valence-electron chi connectivity index (χ2n) is 4.37. The zero-order chi connectivity index (χ0) is 15.5. The topological polar surface area (TPSA) is 54.9 Å². The van der Waals surface area contributed by atoms with Gasteiger partial charge < -0.3 is 5.32 Å². The van der Waals surface area contributed by atoms with Crippen LogP contribution in [-0.2, 0) is 6.18 Å². The summed E-state index contributed by atoms with van der Waals surface area (Å²) in [5, 5.41) is 2.48. The Morgan fingerprint density at radius 3 is 2.62 bits per heavy atom. The van der Waals surface area contributed by atoms with Crippen LogP contribution in [0.2, 0.25) is 0 Å². The number of hydrogen-bond acceptors (Lipinski definition) is 3. The largest absolute Gasteiger partial charge is 0.417 e. The SMILES string of the molecule is CC(NC(=O)c1cnccc1C(F)(F)F)c1ccccn1. The molecule has 0 aliphatic heterocycles. The molecule has 1 atom stereocenters. The molecule has 2 rings (SSSR count). The third kappa shape index (κ3) is 3.56. The van der Waals surface area contributed by atoms with Crippen molar-refractivity contribution in [2.45, 2.75) is 19.1 Å². The monoisotopic (exact) mass is 295 g/mol. The van der Waals surface area contributed by atoms with Crippen molar-refractivity contribution in [3.8, 4) is 0 Å². The molecule has 0 radical (unpaired) electrons. The molecule has 4 nitrogen and oxygen atoms in total. The standard InChI is InChI=1S/C14H12F3N3O/c1-9(12-4-2-3-6-19-12)20-13(21)10-8-18-7-5-11(10)14(15,16)17/h2-9H,1H3,(H,20,21). The number of rotatable bonds is 3. The van der Waals surface area contributed by atoms with Crippen LogP contribution in [0.1, 0.15) is 34.6 Å². The molecule has 2 heterocycles. The lowest BCUT2D eigenvalue weighted by molar-refractivity contribution is -0.138. The van der Waals surface area contributed by atoms with Gasteiger partial charge in [-0.3, -0.25) is 14.8 Å². The summed E-state index contributed by atoms with van der Waals surface area (Å²) in [6, 6.07) is 5.39. The highest BCUT2D eigenvalue weighted by atomic mass is 19.4. The Kier molecular flexibility index (Phi) is 4.21. The van der Waals surface area contributed by atoms with E-state index in [-0.39, 0.29) is 0 Å². The van der Waals surface area contributed by atoms with Crippen LogP contribution in [-0.4, -0.2) is 15.9 Å². The number of carbonyl (C=O) groups excluding carboxylic acids is 1. The zero-order valence-electron chi connectivity index (χ0n) is 11.1. The lowest BCUT2D eigenvalue weighted by atomic mass is 10.1. The van der Waals surface area contributed by atoms with Crippen molar-refractivity contribution in [3.05, 3.63) is 59.7 Å². The van der Waals surface area contributed by atoms with Gasteiger partial charge in [-0.15, -0.1) is 0 Å². The summed E-state index contributed by atoms with van der Waals surface area (Å²) in [5.41, 5.74) is -0.959. The highest BCUT2D eigenvalue weighted by molar-refractivity contribution is 5.95. The van der Waals surface area contributed by atoms with Gasteiger partial charge in [0.15, 0.2) is 0 Å². The molecule has 110 valence electrons. The van der Waals surface area contributed by atoms with Crippen molar-refractivity contribution in [2.24, 2.45) is 0 Å². The predicted molar refractivity (Wildman–Crippen MR) is 69.4 cm³/mol. The van der Waals surface area contributed by atoms with E-state index in [4.69, 9.17) is 0 Å². The van der Waals surface area contributed by atoms with Crippen molar-refractivity contribution < 1.29 is 18.0 Å². The van der Waals surface area contributed by atoms with Crippen molar-refractivity contribution in [1.29, 1.82) is 0 Å². The predicted octanol–water partition coefficient (Wildman–Crippen LogP) is 2.99. The first-order chi connectivity index (χ1) is 9.89. The first kappa shape index (κ1) is 15.0. The number of pyridine rings is 2. The maximum atomic E-state index is 12.8. The summed E-state index contributed by atoms with van der Waals surface area (Å²) in [6.45, 7) is 1.64. The summed E-state index contributed by atoms with van der Waals surface area (Å²) in [6.07, 6.45) is -1.15. The quantitative estimate of drug-likeness (QED) is 0.947. The van der Waals surface area contributed by atoms with Crippen LogP contribution in [0.15, 0.2) is 42.9 Å². The summed E-state index contributed by atoms with van der Waals surface area (Å²) >= 11 is 0. The van der Waals surface area contributed by atoms with Gasteiger partial charge >= 0.3 is 6.18 Å². The molecular formula is C14H12F3N3O. The molecule has 21 heavy (non-hydrogen) atoms. The molecule has 0 saturated carbocycles. The Labute approximate surface area is 119 Å². The Morgan fingerprint density at radius 1 is 1.24 bits per heavy atom. The molecule has 0 aromatic carbocycles. The molecule has 2 aromatic heterocycles. The van der Waals surface area contributed by atoms with E-state index in [0.717, 1.165) is 18.5 Å². The summed E-state index contributed by atoms with van der Waals surface area (Å²) < 4.78 is 38.5. The van der Waals surface area contributed by atoms with Gasteiger partial charge in [0.1, 0.15) is 0 Å². The van der Waals surface area contributed by atoms with E-state index in [2.05, 4.69) is 15.3 Å². The second-order valence-corrected chi connectivity index (χ2v) is 4.37. The fourth-order valence-electron chi connectivity index (χ4n) is 1.80. The average Bonchev–Trinajstić information content (AvgIpc) is 2.47. The van der Waals surface area contributed by atoms with Gasteiger partial charge in [-0.2, -0.15) is 13.2 Å². The van der Waals surface area contributed by atoms with E-state index in [1.165, 1.54) is 0 Å². The maximum absolute atomic E-state index is 12.8. The van der Waals surface area contributed by atoms with Crippen molar-refractivity contribution in [1.82, 2.24) is 15.3 Å². The van der Waals surface area contributed by atoms with E-state index in [0.29, 0.717) is 5.69 Å². The Morgan fingerprint density at radius 2 is 2.00 bits per heavy atom. The van der Waals surface area contributed by atoms with Gasteiger partial charge in [-0.05, 0) is 25.1 Å². The lowest BCUT2D eigenvalue weighted by Crippen LogP contribution is -2.29. The molecule has 1 unspecified atom stereocenters. The van der Waals surface area contributed by atoms with E-state index in [1.807, 2.05) is 0 Å². The zero-order valence-corrected chi connectivity index (χ0v) is 11.1. The van der Waals surface area contributed by atoms with Crippen molar-refractivity contribution in [2.75, 3.05) is 0 Å². The number of amides is 1. The van der Waals surface area contributed by atoms with Crippen LogP contribution in [0, 0.1) is 0 Å². The van der Waals surface area contributed by atoms with Gasteiger partial charge in [-0.25, -0.2) is 0 Å². The summed E-state index contributed by atoms with van der Waals surface area (Å²) in [5.74, 6) is -0.839. The van der Waals surface area contributed by atoms with Gasteiger partial charge in [-0.1, -0.05) is 6.07 Å². The van der Waals surface area contributed by atoms with E-state index >= 15 is 0 Å². The van der Waals surface area contributed by atoms with Gasteiger partial charge in [0.2, 0.25) is 0 Å². The minimum absolute atomic E-state index is 0.507. The maximum Gasteiger partial charge on any atom is 0.417 e. The minimum Gasteiger partial charge on any atom is -0.344 e. The van der Waals surface area contributed by atoms with Gasteiger partial charge in [0, 0.05) is 18.6 Å². The fraction of sp³-hybridized carbons (Fsp3) is 0.214. The van der Waals surface area contributed by atoms with Crippen LogP contribution in [0.25, 0.3) is 0 Å². The molecule has 0 saturated heterocycles. The second kappa shape index (κ2) is 5.90. The number of halogens is 3. The highest BCUT2D eigenvalue weighted by Crippen LogP contribution is 2.31. The van der Waals surface area contributed by atoms with E-state index in [9.17, 15) is 18.0 Å². The molecule has 0 spiro atoms. The molecule has 7 heteroatoms. The van der Waals surface area contributed by atoms with Crippen molar-refractivity contribution >= 4 is 5.91 Å². The smallest absolute Gasteiger partial charge is 0.344 e. The van der Waals surface area contributed by atoms with Gasteiger partial charge in [0.05, 0.1) is 22.9 Å². The molecule has 1 N–H and O–H groups in total. The number of hydrogen-bond donors (Lipinski definition) is 1. The molecule has 0 aliphatic rings. The average molecular weight is 295 g/mol. The Balaban J connectivity index is 2.22. The Hall–Kier alpha value is -2.44. The molecule has 0 aliphatic carbocycles. The molecule has 2 aromatic rings. The number of aromatic nitrogens is 2. The van der Waals surface area contributed by atoms with E-state index in [1.54, 1.807) is 31.3 Å². The third-order valence-corrected chi connectivity index (χ3v) is 2.85. The number of carbonyl (C=O) groups is 1. The normalized spacial score (nSPS) is 12.8. The van der Waals surface area contributed by atoms with Crippen molar-refractivity contribution in [3.63, 3.8) is 0 Å². The minimum atomic E-state index is -4.61. The van der Waals surface area contributed by atoms with Crippen LogP contribution in [0.3, 0.4) is 0 Å². The van der Waals surface area contributed by atoms with Gasteiger partial charge in [0.25, 0.3) is 5.91 Å². The highest BCUT2D eigenvalue weighted by Gasteiger charge is 2.35. The first-order valence-electron chi connectivity index (χ1n) is 6.12. The van der Waals surface area contributed by atoms with Crippen LogP contribution in [0.5, 0.6) is 0 Å². The van der Waals surface area contributed by atoms with Crippen LogP contribution < -0.4 is 5.32 Å². The fourth-order valence-corrected chi connectivity index (χ4v) is 1.80. The number of nitrogens with zero attached hydrogens (tertiary/aromatic N) is 2. The summed E-state index contributed by atoms with van der Waals surface area (Å²) in [4.78, 5) is 19.6. The lowest BCUT2D eigenvalue weighted by Gasteiger charge is -2.16. The molecular weight excluding hydrogens is 283 g/mol. The summed E-state index contributed by atoms with van der Waals surface area (Å²) in [7, 11) is 0. The van der Waals surface area contributed by atoms with E-state index < -0.39 is 29.3 Å². The van der Waals surface area contributed by atoms with Crippen LogP contribution in [0.4, 0.5) is 13.2 Å². The molecule has 0 fully saturated rings. The Bertz CT molecular complexity index is 629. The third-order valence-electron chi connectivity index (χ3n) is 2.85. The number of alkyl halides is 3. The number of nitrogens with one attached hydrogen (secondary N) is 1. The molecule has 0 bridgehead atoms. The first-order valence-corrected chi connectivity index (χ1v) is 6.12. The molecule has 1 amide bonds. The van der Waals surface area contributed by atoms with Crippen LogP contribution >= 0.6 is 0 Å².